The molecule has 142 valence electrons. The van der Waals surface area contributed by atoms with Gasteiger partial charge in [0.2, 0.25) is 16.0 Å². The van der Waals surface area contributed by atoms with Crippen LogP contribution in [-0.4, -0.2) is 57.1 Å². The van der Waals surface area contributed by atoms with Crippen molar-refractivity contribution in [2.24, 2.45) is 5.73 Å². The number of carbonyl (C=O) groups excluding carboxylic acids is 1. The summed E-state index contributed by atoms with van der Waals surface area (Å²) >= 11 is 1.50. The van der Waals surface area contributed by atoms with Crippen LogP contribution in [0.3, 0.4) is 0 Å². The Labute approximate surface area is 160 Å². The molecule has 7 nitrogen and oxygen atoms in total. The second-order valence-electron chi connectivity index (χ2n) is 7.25. The van der Waals surface area contributed by atoms with Crippen molar-refractivity contribution in [2.45, 2.75) is 19.4 Å². The Hall–Kier alpha value is -2.52. The number of halogens is 1. The highest BCUT2D eigenvalue weighted by atomic mass is 32.1. The second kappa shape index (κ2) is 6.58. The summed E-state index contributed by atoms with van der Waals surface area (Å²) in [6.07, 6.45) is 1.85. The van der Waals surface area contributed by atoms with Crippen molar-refractivity contribution in [1.29, 1.82) is 0 Å². The van der Waals surface area contributed by atoms with Gasteiger partial charge in [0.1, 0.15) is 5.82 Å². The van der Waals surface area contributed by atoms with E-state index in [0.29, 0.717) is 26.2 Å². The van der Waals surface area contributed by atoms with Crippen molar-refractivity contribution in [3.63, 3.8) is 0 Å². The van der Waals surface area contributed by atoms with Crippen LogP contribution in [0, 0.1) is 5.82 Å². The number of fused-ring (bicyclic) bond motifs is 1. The molecule has 27 heavy (non-hydrogen) atoms. The fraction of sp³-hybridized carbons (Fsp3) is 0.389. The van der Waals surface area contributed by atoms with Crippen LogP contribution in [0.4, 0.5) is 9.52 Å². The van der Waals surface area contributed by atoms with E-state index in [1.165, 1.54) is 23.5 Å². The average molecular weight is 388 g/mol. The highest BCUT2D eigenvalue weighted by Gasteiger charge is 2.31. The van der Waals surface area contributed by atoms with Gasteiger partial charge in [0.15, 0.2) is 0 Å². The standard InChI is InChI=1S/C18H21FN6OS/c1-18(2,20)15(26)23-7-9-24(10-8-23)17-22-25-11-14(21-16(25)27-17)12-3-5-13(19)6-4-12/h3-6,11H,7-10,20H2,1-2H3. The molecule has 1 amide bonds. The third kappa shape index (κ3) is 3.52. The van der Waals surface area contributed by atoms with Gasteiger partial charge in [0, 0.05) is 31.7 Å². The number of hydrogen-bond donors (Lipinski definition) is 1. The number of carbonyl (C=O) groups is 1. The van der Waals surface area contributed by atoms with Crippen LogP contribution in [0.5, 0.6) is 0 Å². The van der Waals surface area contributed by atoms with E-state index in [0.717, 1.165) is 21.3 Å². The molecule has 1 aliphatic rings. The predicted octanol–water partition coefficient (Wildman–Crippen LogP) is 1.98. The minimum absolute atomic E-state index is 0.0277. The first kappa shape index (κ1) is 17.9. The van der Waals surface area contributed by atoms with Crippen LogP contribution in [0.25, 0.3) is 16.2 Å². The molecular weight excluding hydrogens is 367 g/mol. The first-order valence-corrected chi connectivity index (χ1v) is 9.58. The van der Waals surface area contributed by atoms with Crippen LogP contribution in [0.15, 0.2) is 30.5 Å². The molecule has 0 atom stereocenters. The largest absolute Gasteiger partial charge is 0.343 e. The number of anilines is 1. The zero-order chi connectivity index (χ0) is 19.2. The third-order valence-corrected chi connectivity index (χ3v) is 5.54. The molecule has 1 aliphatic heterocycles. The molecule has 1 aromatic carbocycles. The van der Waals surface area contributed by atoms with Gasteiger partial charge in [0.05, 0.1) is 17.4 Å². The number of imidazole rings is 1. The Morgan fingerprint density at radius 2 is 1.85 bits per heavy atom. The normalized spacial score (nSPS) is 15.6. The number of aromatic nitrogens is 3. The molecule has 3 aromatic rings. The molecule has 2 N–H and O–H groups in total. The highest BCUT2D eigenvalue weighted by molar-refractivity contribution is 7.20. The summed E-state index contributed by atoms with van der Waals surface area (Å²) in [6.45, 7) is 6.14. The summed E-state index contributed by atoms with van der Waals surface area (Å²) < 4.78 is 14.8. The zero-order valence-electron chi connectivity index (χ0n) is 15.2. The quantitative estimate of drug-likeness (QED) is 0.742. The van der Waals surface area contributed by atoms with Crippen LogP contribution in [-0.2, 0) is 4.79 Å². The Balaban J connectivity index is 1.47. The van der Waals surface area contributed by atoms with E-state index in [-0.39, 0.29) is 11.7 Å². The van der Waals surface area contributed by atoms with Crippen LogP contribution >= 0.6 is 11.3 Å². The van der Waals surface area contributed by atoms with E-state index in [2.05, 4.69) is 15.0 Å². The molecule has 0 saturated carbocycles. The molecule has 9 heteroatoms. The van der Waals surface area contributed by atoms with Gasteiger partial charge in [0.25, 0.3) is 0 Å². The van der Waals surface area contributed by atoms with Gasteiger partial charge in [-0.3, -0.25) is 4.79 Å². The van der Waals surface area contributed by atoms with E-state index < -0.39 is 5.54 Å². The molecule has 2 aromatic heterocycles. The Morgan fingerprint density at radius 1 is 1.19 bits per heavy atom. The molecular formula is C18H21FN6OS. The van der Waals surface area contributed by atoms with E-state index in [4.69, 9.17) is 5.73 Å². The predicted molar refractivity (Wildman–Crippen MR) is 103 cm³/mol. The van der Waals surface area contributed by atoms with E-state index in [1.807, 2.05) is 11.1 Å². The minimum Gasteiger partial charge on any atom is -0.343 e. The Bertz CT molecular complexity index is 935. The number of rotatable bonds is 3. The monoisotopic (exact) mass is 388 g/mol. The van der Waals surface area contributed by atoms with E-state index in [1.54, 1.807) is 30.5 Å². The molecule has 1 fully saturated rings. The first-order chi connectivity index (χ1) is 12.8. The first-order valence-electron chi connectivity index (χ1n) is 8.76. The maximum atomic E-state index is 13.1. The Kier molecular flexibility index (Phi) is 4.35. The molecule has 0 bridgehead atoms. The van der Waals surface area contributed by atoms with E-state index >= 15 is 0 Å². The van der Waals surface area contributed by atoms with Gasteiger partial charge in [-0.1, -0.05) is 11.3 Å². The number of benzene rings is 1. The van der Waals surface area contributed by atoms with Gasteiger partial charge in [-0.15, -0.1) is 5.10 Å². The maximum absolute atomic E-state index is 13.1. The average Bonchev–Trinajstić information content (AvgIpc) is 3.20. The van der Waals surface area contributed by atoms with Crippen molar-refractivity contribution in [1.82, 2.24) is 19.5 Å². The van der Waals surface area contributed by atoms with Crippen molar-refractivity contribution in [2.75, 3.05) is 31.1 Å². The number of hydrogen-bond acceptors (Lipinski definition) is 6. The molecule has 3 heterocycles. The van der Waals surface area contributed by atoms with Crippen LogP contribution in [0.1, 0.15) is 13.8 Å². The smallest absolute Gasteiger partial charge is 0.242 e. The van der Waals surface area contributed by atoms with E-state index in [9.17, 15) is 9.18 Å². The number of nitrogens with two attached hydrogens (primary N) is 1. The highest BCUT2D eigenvalue weighted by Crippen LogP contribution is 2.27. The van der Waals surface area contributed by atoms with Gasteiger partial charge >= 0.3 is 0 Å². The van der Waals surface area contributed by atoms with Gasteiger partial charge in [-0.25, -0.2) is 13.9 Å². The van der Waals surface area contributed by atoms with Crippen molar-refractivity contribution >= 4 is 27.3 Å². The molecule has 0 unspecified atom stereocenters. The molecule has 1 saturated heterocycles. The fourth-order valence-corrected chi connectivity index (χ4v) is 4.02. The topological polar surface area (TPSA) is 79.8 Å². The summed E-state index contributed by atoms with van der Waals surface area (Å²) in [7, 11) is 0. The molecule has 0 aliphatic carbocycles. The molecule has 0 spiro atoms. The third-order valence-electron chi connectivity index (χ3n) is 4.56. The lowest BCUT2D eigenvalue weighted by Gasteiger charge is -2.37. The summed E-state index contributed by atoms with van der Waals surface area (Å²) in [4.78, 5) is 21.6. The zero-order valence-corrected chi connectivity index (χ0v) is 16.0. The number of nitrogens with zero attached hydrogens (tertiary/aromatic N) is 5. The second-order valence-corrected chi connectivity index (χ2v) is 8.18. The summed E-state index contributed by atoms with van der Waals surface area (Å²) in [5, 5.41) is 5.49. The molecule has 4 rings (SSSR count). The van der Waals surface area contributed by atoms with Gasteiger partial charge in [-0.05, 0) is 38.1 Å². The van der Waals surface area contributed by atoms with Crippen molar-refractivity contribution < 1.29 is 9.18 Å². The Morgan fingerprint density at radius 3 is 2.44 bits per heavy atom. The van der Waals surface area contributed by atoms with Gasteiger partial charge in [-0.2, -0.15) is 0 Å². The van der Waals surface area contributed by atoms with Crippen LogP contribution < -0.4 is 10.6 Å². The van der Waals surface area contributed by atoms with Crippen molar-refractivity contribution in [3.05, 3.63) is 36.3 Å². The maximum Gasteiger partial charge on any atom is 0.242 e. The fourth-order valence-electron chi connectivity index (χ4n) is 3.09. The van der Waals surface area contributed by atoms with Crippen LogP contribution in [0.2, 0.25) is 0 Å². The number of piperazine rings is 1. The lowest BCUT2D eigenvalue weighted by Crippen LogP contribution is -2.57. The molecule has 0 radical (unpaired) electrons. The van der Waals surface area contributed by atoms with Gasteiger partial charge < -0.3 is 15.5 Å². The SMILES string of the molecule is CC(C)(N)C(=O)N1CCN(c2nn3cc(-c4ccc(F)cc4)nc3s2)CC1. The lowest BCUT2D eigenvalue weighted by atomic mass is 10.1. The summed E-state index contributed by atoms with van der Waals surface area (Å²) in [5.74, 6) is -0.295. The minimum atomic E-state index is -0.846. The number of amides is 1. The van der Waals surface area contributed by atoms with Crippen molar-refractivity contribution in [3.8, 4) is 11.3 Å². The summed E-state index contributed by atoms with van der Waals surface area (Å²) in [6, 6.07) is 6.26. The lowest BCUT2D eigenvalue weighted by molar-refractivity contribution is -0.136. The summed E-state index contributed by atoms with van der Waals surface area (Å²) in [5.41, 5.74) is 6.69.